The highest BCUT2D eigenvalue weighted by Crippen LogP contribution is 2.06. The van der Waals surface area contributed by atoms with Crippen molar-refractivity contribution >= 4 is 11.8 Å². The number of carbonyl (C=O) groups excluding carboxylic acids is 2. The highest BCUT2D eigenvalue weighted by Gasteiger charge is 2.19. The molecule has 24 heavy (non-hydrogen) atoms. The molecule has 2 rings (SSSR count). The fourth-order valence-corrected chi connectivity index (χ4v) is 2.84. The molecule has 0 aromatic heterocycles. The van der Waals surface area contributed by atoms with E-state index in [0.717, 1.165) is 39.1 Å². The first-order valence-electron chi connectivity index (χ1n) is 8.64. The number of rotatable bonds is 7. The average molecular weight is 335 g/mol. The van der Waals surface area contributed by atoms with Crippen LogP contribution in [0.25, 0.3) is 0 Å². The zero-order valence-corrected chi connectivity index (χ0v) is 14.3. The van der Waals surface area contributed by atoms with Gasteiger partial charge in [0.15, 0.2) is 0 Å². The van der Waals surface area contributed by atoms with Crippen LogP contribution in [-0.2, 0) is 4.79 Å². The molecular formula is C18H26FN3O2. The minimum atomic E-state index is -0.365. The van der Waals surface area contributed by atoms with Crippen LogP contribution in [0.5, 0.6) is 0 Å². The van der Waals surface area contributed by atoms with Gasteiger partial charge in [-0.2, -0.15) is 0 Å². The van der Waals surface area contributed by atoms with Crippen molar-refractivity contribution in [2.24, 2.45) is 0 Å². The Morgan fingerprint density at radius 2 is 1.79 bits per heavy atom. The minimum absolute atomic E-state index is 0.155. The van der Waals surface area contributed by atoms with Crippen LogP contribution in [-0.4, -0.2) is 60.9 Å². The van der Waals surface area contributed by atoms with Crippen molar-refractivity contribution < 1.29 is 14.0 Å². The number of piperazine rings is 1. The Kier molecular flexibility index (Phi) is 7.18. The average Bonchev–Trinajstić information content (AvgIpc) is 2.60. The van der Waals surface area contributed by atoms with Crippen molar-refractivity contribution in [3.05, 3.63) is 35.6 Å². The van der Waals surface area contributed by atoms with E-state index in [1.807, 2.05) is 4.90 Å². The Bertz CT molecular complexity index is 540. The second kappa shape index (κ2) is 9.37. The largest absolute Gasteiger partial charge is 0.352 e. The van der Waals surface area contributed by atoms with Crippen LogP contribution in [0.2, 0.25) is 0 Å². The fraction of sp³-hybridized carbons (Fsp3) is 0.556. The van der Waals surface area contributed by atoms with Gasteiger partial charge < -0.3 is 10.2 Å². The summed E-state index contributed by atoms with van der Waals surface area (Å²) in [5.41, 5.74) is 0.426. The molecule has 0 atom stereocenters. The topological polar surface area (TPSA) is 52.6 Å². The summed E-state index contributed by atoms with van der Waals surface area (Å²) < 4.78 is 12.8. The van der Waals surface area contributed by atoms with Crippen molar-refractivity contribution in [2.75, 3.05) is 39.3 Å². The van der Waals surface area contributed by atoms with E-state index in [2.05, 4.69) is 17.1 Å². The molecule has 0 saturated carbocycles. The van der Waals surface area contributed by atoms with Crippen LogP contribution < -0.4 is 5.32 Å². The molecule has 1 heterocycles. The first-order valence-corrected chi connectivity index (χ1v) is 8.64. The lowest BCUT2D eigenvalue weighted by molar-refractivity contribution is -0.133. The molecular weight excluding hydrogens is 309 g/mol. The van der Waals surface area contributed by atoms with Crippen LogP contribution in [0.15, 0.2) is 24.3 Å². The normalized spacial score (nSPS) is 15.3. The van der Waals surface area contributed by atoms with Gasteiger partial charge in [-0.25, -0.2) is 4.39 Å². The molecule has 1 aromatic rings. The number of carbonyl (C=O) groups is 2. The van der Waals surface area contributed by atoms with E-state index in [1.165, 1.54) is 24.3 Å². The quantitative estimate of drug-likeness (QED) is 0.774. The maximum absolute atomic E-state index is 12.8. The number of benzene rings is 1. The molecule has 1 saturated heterocycles. The first-order chi connectivity index (χ1) is 11.6. The SMILES string of the molecule is CCCN1CCN(C(=O)CCCNC(=O)c2ccc(F)cc2)CC1. The Balaban J connectivity index is 1.62. The molecule has 1 N–H and O–H groups in total. The van der Waals surface area contributed by atoms with Crippen molar-refractivity contribution in [3.63, 3.8) is 0 Å². The molecule has 1 aliphatic rings. The van der Waals surface area contributed by atoms with E-state index in [0.29, 0.717) is 24.9 Å². The zero-order valence-electron chi connectivity index (χ0n) is 14.3. The lowest BCUT2D eigenvalue weighted by atomic mass is 10.2. The van der Waals surface area contributed by atoms with Crippen LogP contribution >= 0.6 is 0 Å². The molecule has 0 bridgehead atoms. The number of hydrogen-bond donors (Lipinski definition) is 1. The number of halogens is 1. The van der Waals surface area contributed by atoms with E-state index >= 15 is 0 Å². The van der Waals surface area contributed by atoms with Gasteiger partial charge in [0.1, 0.15) is 5.82 Å². The Hall–Kier alpha value is -1.95. The van der Waals surface area contributed by atoms with E-state index in [-0.39, 0.29) is 17.6 Å². The molecule has 2 amide bonds. The third kappa shape index (κ3) is 5.60. The van der Waals surface area contributed by atoms with Gasteiger partial charge in [0.25, 0.3) is 5.91 Å². The minimum Gasteiger partial charge on any atom is -0.352 e. The summed E-state index contributed by atoms with van der Waals surface area (Å²) in [5.74, 6) is -0.450. The molecule has 1 aliphatic heterocycles. The summed E-state index contributed by atoms with van der Waals surface area (Å²) in [7, 11) is 0. The predicted molar refractivity (Wildman–Crippen MR) is 91.3 cm³/mol. The molecule has 0 radical (unpaired) electrons. The van der Waals surface area contributed by atoms with Crippen molar-refractivity contribution in [1.29, 1.82) is 0 Å². The van der Waals surface area contributed by atoms with Crippen molar-refractivity contribution in [2.45, 2.75) is 26.2 Å². The highest BCUT2D eigenvalue weighted by molar-refractivity contribution is 5.94. The summed E-state index contributed by atoms with van der Waals surface area (Å²) in [6.45, 7) is 7.18. The van der Waals surface area contributed by atoms with Crippen LogP contribution in [0.1, 0.15) is 36.5 Å². The third-order valence-electron chi connectivity index (χ3n) is 4.22. The second-order valence-electron chi connectivity index (χ2n) is 6.09. The molecule has 1 aromatic carbocycles. The van der Waals surface area contributed by atoms with Crippen LogP contribution in [0, 0.1) is 5.82 Å². The lowest BCUT2D eigenvalue weighted by Crippen LogP contribution is -2.48. The summed E-state index contributed by atoms with van der Waals surface area (Å²) >= 11 is 0. The lowest BCUT2D eigenvalue weighted by Gasteiger charge is -2.34. The Morgan fingerprint density at radius 1 is 1.12 bits per heavy atom. The van der Waals surface area contributed by atoms with Gasteiger partial charge in [-0.1, -0.05) is 6.92 Å². The molecule has 0 spiro atoms. The summed E-state index contributed by atoms with van der Waals surface area (Å²) in [6.07, 6.45) is 2.19. The predicted octanol–water partition coefficient (Wildman–Crippen LogP) is 1.89. The van der Waals surface area contributed by atoms with Gasteiger partial charge in [-0.3, -0.25) is 14.5 Å². The summed E-state index contributed by atoms with van der Waals surface area (Å²) in [6, 6.07) is 5.42. The smallest absolute Gasteiger partial charge is 0.251 e. The van der Waals surface area contributed by atoms with Gasteiger partial charge in [-0.15, -0.1) is 0 Å². The number of nitrogens with zero attached hydrogens (tertiary/aromatic N) is 2. The van der Waals surface area contributed by atoms with E-state index in [1.54, 1.807) is 0 Å². The number of amides is 2. The van der Waals surface area contributed by atoms with E-state index in [4.69, 9.17) is 0 Å². The second-order valence-corrected chi connectivity index (χ2v) is 6.09. The third-order valence-corrected chi connectivity index (χ3v) is 4.22. The van der Waals surface area contributed by atoms with E-state index < -0.39 is 0 Å². The number of nitrogens with one attached hydrogen (secondary N) is 1. The fourth-order valence-electron chi connectivity index (χ4n) is 2.84. The molecule has 132 valence electrons. The standard InChI is InChI=1S/C18H26FN3O2/c1-2-10-21-11-13-22(14-12-21)17(23)4-3-9-20-18(24)15-5-7-16(19)8-6-15/h5-8H,2-4,9-14H2,1H3,(H,20,24). The van der Waals surface area contributed by atoms with Gasteiger partial charge >= 0.3 is 0 Å². The molecule has 0 aliphatic carbocycles. The van der Waals surface area contributed by atoms with Gasteiger partial charge in [-0.05, 0) is 43.7 Å². The molecule has 5 nitrogen and oxygen atoms in total. The van der Waals surface area contributed by atoms with Gasteiger partial charge in [0.05, 0.1) is 0 Å². The summed E-state index contributed by atoms with van der Waals surface area (Å²) in [4.78, 5) is 28.3. The monoisotopic (exact) mass is 335 g/mol. The van der Waals surface area contributed by atoms with Crippen LogP contribution in [0.3, 0.4) is 0 Å². The van der Waals surface area contributed by atoms with Crippen molar-refractivity contribution in [1.82, 2.24) is 15.1 Å². The molecule has 0 unspecified atom stereocenters. The van der Waals surface area contributed by atoms with Gasteiger partial charge in [0.2, 0.25) is 5.91 Å². The maximum Gasteiger partial charge on any atom is 0.251 e. The summed E-state index contributed by atoms with van der Waals surface area (Å²) in [5, 5.41) is 2.76. The molecule has 1 fully saturated rings. The zero-order chi connectivity index (χ0) is 17.4. The van der Waals surface area contributed by atoms with Gasteiger partial charge in [0, 0.05) is 44.7 Å². The first kappa shape index (κ1) is 18.4. The highest BCUT2D eigenvalue weighted by atomic mass is 19.1. The maximum atomic E-state index is 12.8. The number of hydrogen-bond acceptors (Lipinski definition) is 3. The van der Waals surface area contributed by atoms with E-state index in [9.17, 15) is 14.0 Å². The van der Waals surface area contributed by atoms with Crippen molar-refractivity contribution in [3.8, 4) is 0 Å². The molecule has 6 heteroatoms. The Labute approximate surface area is 142 Å². The van der Waals surface area contributed by atoms with Crippen LogP contribution in [0.4, 0.5) is 4.39 Å². The Morgan fingerprint density at radius 3 is 2.42 bits per heavy atom.